The normalized spacial score (nSPS) is 11.2. The minimum absolute atomic E-state index is 1.10. The second-order valence-corrected chi connectivity index (χ2v) is 17.0. The highest BCUT2D eigenvalue weighted by Gasteiger charge is 2.10. The zero-order valence-corrected chi connectivity index (χ0v) is 16.2. The first-order valence-electron chi connectivity index (χ1n) is 7.15. The Morgan fingerprint density at radius 1 is 0.650 bits per heavy atom. The minimum Gasteiger partial charge on any atom is -0.127 e. The lowest BCUT2D eigenvalue weighted by atomic mass is 10.0. The number of hydrogen-bond donors (Lipinski definition) is 0. The average Bonchev–Trinajstić information content (AvgIpc) is 2.26. The first-order chi connectivity index (χ1) is 8.98. The second kappa shape index (κ2) is 6.04. The molecule has 0 radical (unpaired) electrons. The van der Waals surface area contributed by atoms with Gasteiger partial charge in [0.15, 0.2) is 0 Å². The van der Waals surface area contributed by atoms with E-state index < -0.39 is 16.1 Å². The Morgan fingerprint density at radius 3 is 1.20 bits per heavy atom. The van der Waals surface area contributed by atoms with Crippen molar-refractivity contribution in [3.8, 4) is 22.9 Å². The molecule has 1 aromatic rings. The van der Waals surface area contributed by atoms with E-state index >= 15 is 0 Å². The van der Waals surface area contributed by atoms with Crippen molar-refractivity contribution in [1.82, 2.24) is 0 Å². The monoisotopic (exact) mass is 298 g/mol. The third-order valence-electron chi connectivity index (χ3n) is 2.78. The summed E-state index contributed by atoms with van der Waals surface area (Å²) in [5.41, 5.74) is 11.7. The van der Waals surface area contributed by atoms with Gasteiger partial charge in [0.1, 0.15) is 16.1 Å². The second-order valence-electron chi connectivity index (χ2n) is 7.48. The Kier molecular flexibility index (Phi) is 5.08. The van der Waals surface area contributed by atoms with E-state index in [1.165, 1.54) is 11.1 Å². The van der Waals surface area contributed by atoms with Crippen molar-refractivity contribution < 1.29 is 0 Å². The number of aryl methyl sites for hydroxylation is 2. The molecule has 0 aliphatic rings. The third-order valence-corrected chi connectivity index (χ3v) is 4.53. The molecular formula is C18H26Si2. The molecule has 0 N–H and O–H groups in total. The molecule has 0 aromatic heterocycles. The van der Waals surface area contributed by atoms with E-state index in [2.05, 4.69) is 88.2 Å². The predicted octanol–water partition coefficient (Wildman–Crippen LogP) is 4.76. The van der Waals surface area contributed by atoms with Crippen LogP contribution in [0.25, 0.3) is 0 Å². The van der Waals surface area contributed by atoms with Crippen LogP contribution in [0.4, 0.5) is 0 Å². The first kappa shape index (κ1) is 16.8. The molecule has 0 unspecified atom stereocenters. The predicted molar refractivity (Wildman–Crippen MR) is 96.4 cm³/mol. The molecule has 0 atom stereocenters. The van der Waals surface area contributed by atoms with E-state index in [9.17, 15) is 0 Å². The van der Waals surface area contributed by atoms with Crippen molar-refractivity contribution in [2.75, 3.05) is 0 Å². The topological polar surface area (TPSA) is 0 Å². The van der Waals surface area contributed by atoms with Crippen LogP contribution in [0.1, 0.15) is 22.3 Å². The SMILES string of the molecule is Cc1cc(C#C[Si](C)(C)C)c(C#C[Si](C)(C)C)cc1C. The van der Waals surface area contributed by atoms with Crippen LogP contribution in [-0.2, 0) is 0 Å². The summed E-state index contributed by atoms with van der Waals surface area (Å²) >= 11 is 0. The molecule has 0 aliphatic heterocycles. The quantitative estimate of drug-likeness (QED) is 0.478. The molecule has 0 bridgehead atoms. The van der Waals surface area contributed by atoms with Crippen molar-refractivity contribution in [3.05, 3.63) is 34.4 Å². The molecule has 0 saturated carbocycles. The van der Waals surface area contributed by atoms with Crippen molar-refractivity contribution >= 4 is 16.1 Å². The van der Waals surface area contributed by atoms with Gasteiger partial charge in [0.2, 0.25) is 0 Å². The Morgan fingerprint density at radius 2 is 0.950 bits per heavy atom. The van der Waals surface area contributed by atoms with Crippen LogP contribution in [0.15, 0.2) is 12.1 Å². The fraction of sp³-hybridized carbons (Fsp3) is 0.444. The summed E-state index contributed by atoms with van der Waals surface area (Å²) in [5, 5.41) is 0. The Balaban J connectivity index is 3.37. The lowest BCUT2D eigenvalue weighted by molar-refractivity contribution is 1.32. The van der Waals surface area contributed by atoms with Gasteiger partial charge < -0.3 is 0 Å². The smallest absolute Gasteiger partial charge is 0.127 e. The highest BCUT2D eigenvalue weighted by molar-refractivity contribution is 6.84. The van der Waals surface area contributed by atoms with E-state index in [1.54, 1.807) is 0 Å². The molecule has 20 heavy (non-hydrogen) atoms. The molecule has 106 valence electrons. The van der Waals surface area contributed by atoms with Crippen LogP contribution >= 0.6 is 0 Å². The van der Waals surface area contributed by atoms with E-state index in [-0.39, 0.29) is 0 Å². The highest BCUT2D eigenvalue weighted by atomic mass is 28.3. The summed E-state index contributed by atoms with van der Waals surface area (Å²) in [7, 11) is -2.71. The maximum Gasteiger partial charge on any atom is 0.129 e. The van der Waals surface area contributed by atoms with Crippen molar-refractivity contribution in [2.45, 2.75) is 53.1 Å². The molecule has 1 rings (SSSR count). The molecule has 0 aliphatic carbocycles. The maximum absolute atomic E-state index is 3.45. The van der Waals surface area contributed by atoms with Gasteiger partial charge in [-0.15, -0.1) is 11.1 Å². The molecule has 0 heterocycles. The average molecular weight is 299 g/mol. The van der Waals surface area contributed by atoms with E-state index in [1.807, 2.05) is 0 Å². The highest BCUT2D eigenvalue weighted by Crippen LogP contribution is 2.15. The van der Waals surface area contributed by atoms with Gasteiger partial charge in [0.05, 0.1) is 0 Å². The van der Waals surface area contributed by atoms with Gasteiger partial charge in [0, 0.05) is 11.1 Å². The summed E-state index contributed by atoms with van der Waals surface area (Å²) < 4.78 is 0. The van der Waals surface area contributed by atoms with E-state index in [0.717, 1.165) is 11.1 Å². The summed E-state index contributed by atoms with van der Waals surface area (Å²) in [6, 6.07) is 4.38. The molecule has 2 heteroatoms. The van der Waals surface area contributed by atoms with E-state index in [0.29, 0.717) is 0 Å². The van der Waals surface area contributed by atoms with Gasteiger partial charge in [-0.2, -0.15) is 0 Å². The molecule has 1 aromatic carbocycles. The van der Waals surface area contributed by atoms with Crippen molar-refractivity contribution in [3.63, 3.8) is 0 Å². The molecule has 0 nitrogen and oxygen atoms in total. The van der Waals surface area contributed by atoms with E-state index in [4.69, 9.17) is 0 Å². The standard InChI is InChI=1S/C18H26Si2/c1-15-13-17(9-11-19(3,4)5)18(14-16(15)2)10-12-20(6,7)8/h13-14H,1-8H3. The number of hydrogen-bond acceptors (Lipinski definition) is 0. The molecule has 0 fully saturated rings. The Bertz CT molecular complexity index is 561. The Hall–Kier alpha value is -1.23. The summed E-state index contributed by atoms with van der Waals surface area (Å²) in [4.78, 5) is 0. The zero-order chi connectivity index (χ0) is 15.6. The van der Waals surface area contributed by atoms with Gasteiger partial charge in [-0.05, 0) is 37.1 Å². The molecule has 0 amide bonds. The fourth-order valence-corrected chi connectivity index (χ4v) is 2.55. The number of rotatable bonds is 0. The van der Waals surface area contributed by atoms with Crippen LogP contribution in [0, 0.1) is 36.8 Å². The maximum atomic E-state index is 3.45. The zero-order valence-electron chi connectivity index (χ0n) is 14.2. The van der Waals surface area contributed by atoms with Gasteiger partial charge in [-0.1, -0.05) is 51.1 Å². The summed E-state index contributed by atoms with van der Waals surface area (Å²) in [6.45, 7) is 17.9. The van der Waals surface area contributed by atoms with Crippen LogP contribution in [0.2, 0.25) is 39.3 Å². The molecule has 0 spiro atoms. The molecular weight excluding hydrogens is 272 g/mol. The summed E-state index contributed by atoms with van der Waals surface area (Å²) in [6.07, 6.45) is 0. The van der Waals surface area contributed by atoms with Crippen molar-refractivity contribution in [1.29, 1.82) is 0 Å². The van der Waals surface area contributed by atoms with Gasteiger partial charge in [-0.3, -0.25) is 0 Å². The fourth-order valence-electron chi connectivity index (χ4n) is 1.53. The Labute approximate surface area is 127 Å². The lowest BCUT2D eigenvalue weighted by Gasteiger charge is -2.08. The van der Waals surface area contributed by atoms with Gasteiger partial charge in [-0.25, -0.2) is 0 Å². The van der Waals surface area contributed by atoms with Crippen LogP contribution < -0.4 is 0 Å². The van der Waals surface area contributed by atoms with Crippen molar-refractivity contribution in [2.24, 2.45) is 0 Å². The minimum atomic E-state index is -1.35. The summed E-state index contributed by atoms with van der Waals surface area (Å²) in [5.74, 6) is 6.76. The molecule has 0 saturated heterocycles. The van der Waals surface area contributed by atoms with Gasteiger partial charge >= 0.3 is 0 Å². The van der Waals surface area contributed by atoms with Crippen LogP contribution in [0.3, 0.4) is 0 Å². The lowest BCUT2D eigenvalue weighted by Crippen LogP contribution is -2.17. The van der Waals surface area contributed by atoms with Crippen LogP contribution in [-0.4, -0.2) is 16.1 Å². The largest absolute Gasteiger partial charge is 0.129 e. The van der Waals surface area contributed by atoms with Gasteiger partial charge in [0.25, 0.3) is 0 Å². The van der Waals surface area contributed by atoms with Crippen LogP contribution in [0.5, 0.6) is 0 Å². The first-order valence-corrected chi connectivity index (χ1v) is 14.2. The number of benzene rings is 1. The third kappa shape index (κ3) is 5.82.